The first-order chi connectivity index (χ1) is 11.0. The number of carbonyl (C=O) groups is 2. The summed E-state index contributed by atoms with van der Waals surface area (Å²) in [5.74, 6) is -0.706. The van der Waals surface area contributed by atoms with Crippen LogP contribution in [0.3, 0.4) is 0 Å². The molecule has 1 aromatic carbocycles. The Bertz CT molecular complexity index is 575. The van der Waals surface area contributed by atoms with Crippen LogP contribution in [0.5, 0.6) is 0 Å². The molecular formula is C16H19Cl2NO4. The average Bonchev–Trinajstić information content (AvgIpc) is 2.50. The first kappa shape index (κ1) is 19.5. The van der Waals surface area contributed by atoms with Crippen LogP contribution in [-0.2, 0) is 14.3 Å². The second kappa shape index (κ2) is 10.3. The van der Waals surface area contributed by atoms with E-state index >= 15 is 0 Å². The minimum Gasteiger partial charge on any atom is -0.466 e. The van der Waals surface area contributed by atoms with Crippen molar-refractivity contribution in [1.29, 1.82) is 0 Å². The lowest BCUT2D eigenvalue weighted by atomic mass is 10.2. The molecule has 126 valence electrons. The van der Waals surface area contributed by atoms with Crippen LogP contribution in [0.25, 0.3) is 6.08 Å². The highest BCUT2D eigenvalue weighted by atomic mass is 35.5. The number of nitrogens with zero attached hydrogens (tertiary/aromatic N) is 1. The Kier molecular flexibility index (Phi) is 8.69. The number of rotatable bonds is 8. The van der Waals surface area contributed by atoms with Gasteiger partial charge in [0.15, 0.2) is 0 Å². The highest BCUT2D eigenvalue weighted by molar-refractivity contribution is 6.35. The fraction of sp³-hybridized carbons (Fsp3) is 0.375. The maximum absolute atomic E-state index is 12.2. The minimum atomic E-state index is -0.382. The molecule has 1 N–H and O–H groups in total. The van der Waals surface area contributed by atoms with Crippen molar-refractivity contribution in [3.05, 3.63) is 39.9 Å². The zero-order valence-corrected chi connectivity index (χ0v) is 14.3. The van der Waals surface area contributed by atoms with Crippen LogP contribution in [0, 0.1) is 0 Å². The Morgan fingerprint density at radius 1 is 1.30 bits per heavy atom. The number of hydrogen-bond donors (Lipinski definition) is 1. The maximum Gasteiger partial charge on any atom is 0.307 e. The van der Waals surface area contributed by atoms with Crippen LogP contribution < -0.4 is 0 Å². The van der Waals surface area contributed by atoms with E-state index in [0.717, 1.165) is 0 Å². The smallest absolute Gasteiger partial charge is 0.307 e. The quantitative estimate of drug-likeness (QED) is 0.572. The number of halogens is 2. The predicted octanol–water partition coefficient (Wildman–Crippen LogP) is 2.78. The molecule has 0 atom stereocenters. The second-order valence-electron chi connectivity index (χ2n) is 4.60. The second-order valence-corrected chi connectivity index (χ2v) is 5.45. The van der Waals surface area contributed by atoms with E-state index in [1.54, 1.807) is 31.2 Å². The molecule has 0 aliphatic heterocycles. The molecule has 0 heterocycles. The Morgan fingerprint density at radius 2 is 2.04 bits per heavy atom. The average molecular weight is 360 g/mol. The highest BCUT2D eigenvalue weighted by Crippen LogP contribution is 2.22. The van der Waals surface area contributed by atoms with Gasteiger partial charge >= 0.3 is 5.97 Å². The first-order valence-electron chi connectivity index (χ1n) is 7.16. The zero-order chi connectivity index (χ0) is 17.2. The molecule has 0 spiro atoms. The van der Waals surface area contributed by atoms with Crippen molar-refractivity contribution < 1.29 is 19.4 Å². The summed E-state index contributed by atoms with van der Waals surface area (Å²) in [4.78, 5) is 24.9. The fourth-order valence-electron chi connectivity index (χ4n) is 1.82. The summed E-state index contributed by atoms with van der Waals surface area (Å²) in [6, 6.07) is 4.95. The molecule has 7 heteroatoms. The molecule has 5 nitrogen and oxygen atoms in total. The van der Waals surface area contributed by atoms with Crippen LogP contribution in [0.4, 0.5) is 0 Å². The van der Waals surface area contributed by atoms with Crippen LogP contribution in [-0.4, -0.2) is 48.2 Å². The van der Waals surface area contributed by atoms with Crippen molar-refractivity contribution in [1.82, 2.24) is 4.90 Å². The third kappa shape index (κ3) is 7.03. The van der Waals surface area contributed by atoms with E-state index in [9.17, 15) is 9.59 Å². The van der Waals surface area contributed by atoms with Gasteiger partial charge in [0.1, 0.15) is 0 Å². The maximum atomic E-state index is 12.2. The molecule has 23 heavy (non-hydrogen) atoms. The van der Waals surface area contributed by atoms with Crippen molar-refractivity contribution in [2.24, 2.45) is 0 Å². The number of carbonyl (C=O) groups excluding carboxylic acids is 2. The van der Waals surface area contributed by atoms with Gasteiger partial charge in [0.2, 0.25) is 5.91 Å². The molecule has 0 bridgehead atoms. The van der Waals surface area contributed by atoms with Crippen molar-refractivity contribution >= 4 is 41.2 Å². The van der Waals surface area contributed by atoms with Crippen molar-refractivity contribution in [2.45, 2.75) is 13.3 Å². The topological polar surface area (TPSA) is 66.8 Å². The van der Waals surface area contributed by atoms with Gasteiger partial charge in [-0.2, -0.15) is 0 Å². The van der Waals surface area contributed by atoms with Crippen LogP contribution in [0.15, 0.2) is 24.3 Å². The van der Waals surface area contributed by atoms with Gasteiger partial charge in [-0.1, -0.05) is 29.3 Å². The molecule has 1 aromatic rings. The summed E-state index contributed by atoms with van der Waals surface area (Å²) in [5.41, 5.74) is 0.652. The van der Waals surface area contributed by atoms with Gasteiger partial charge in [-0.3, -0.25) is 9.59 Å². The van der Waals surface area contributed by atoms with Gasteiger partial charge in [0, 0.05) is 29.2 Å². The lowest BCUT2D eigenvalue weighted by molar-refractivity contribution is -0.143. The number of aliphatic hydroxyl groups excluding tert-OH is 1. The Hall–Kier alpha value is -1.56. The number of ether oxygens (including phenoxy) is 1. The lowest BCUT2D eigenvalue weighted by Gasteiger charge is -2.19. The molecule has 0 aliphatic carbocycles. The predicted molar refractivity (Wildman–Crippen MR) is 90.4 cm³/mol. The molecule has 0 fully saturated rings. The van der Waals surface area contributed by atoms with E-state index in [1.807, 2.05) is 0 Å². The summed E-state index contributed by atoms with van der Waals surface area (Å²) >= 11 is 11.8. The Labute approximate surface area is 145 Å². The van der Waals surface area contributed by atoms with Gasteiger partial charge in [-0.15, -0.1) is 0 Å². The highest BCUT2D eigenvalue weighted by Gasteiger charge is 2.13. The van der Waals surface area contributed by atoms with E-state index in [2.05, 4.69) is 0 Å². The molecular weight excluding hydrogens is 341 g/mol. The van der Waals surface area contributed by atoms with E-state index in [0.29, 0.717) is 22.2 Å². The van der Waals surface area contributed by atoms with E-state index in [4.69, 9.17) is 33.0 Å². The molecule has 0 saturated heterocycles. The van der Waals surface area contributed by atoms with Crippen molar-refractivity contribution in [3.8, 4) is 0 Å². The van der Waals surface area contributed by atoms with Gasteiger partial charge in [-0.05, 0) is 30.7 Å². The summed E-state index contributed by atoms with van der Waals surface area (Å²) in [7, 11) is 0. The fourth-order valence-corrected chi connectivity index (χ4v) is 2.29. The zero-order valence-electron chi connectivity index (χ0n) is 12.8. The molecule has 1 amide bonds. The number of aliphatic hydroxyl groups is 1. The largest absolute Gasteiger partial charge is 0.466 e. The number of benzene rings is 1. The first-order valence-corrected chi connectivity index (χ1v) is 7.92. The number of hydrogen-bond acceptors (Lipinski definition) is 4. The normalized spacial score (nSPS) is 10.8. The van der Waals surface area contributed by atoms with E-state index in [1.165, 1.54) is 11.0 Å². The van der Waals surface area contributed by atoms with Gasteiger partial charge in [-0.25, -0.2) is 0 Å². The minimum absolute atomic E-state index is 0.0785. The molecule has 1 rings (SSSR count). The third-order valence-corrected chi connectivity index (χ3v) is 3.50. The summed E-state index contributed by atoms with van der Waals surface area (Å²) in [6.07, 6.45) is 2.99. The van der Waals surface area contributed by atoms with Gasteiger partial charge in [0.05, 0.1) is 19.6 Å². The number of esters is 1. The Morgan fingerprint density at radius 3 is 2.65 bits per heavy atom. The monoisotopic (exact) mass is 359 g/mol. The summed E-state index contributed by atoms with van der Waals surface area (Å²) < 4.78 is 4.82. The van der Waals surface area contributed by atoms with Crippen LogP contribution in [0.2, 0.25) is 10.0 Å². The van der Waals surface area contributed by atoms with E-state index < -0.39 is 0 Å². The number of amides is 1. The Balaban J connectivity index is 2.69. The lowest BCUT2D eigenvalue weighted by Crippen LogP contribution is -2.34. The van der Waals surface area contributed by atoms with Gasteiger partial charge in [0.25, 0.3) is 0 Å². The van der Waals surface area contributed by atoms with Crippen molar-refractivity contribution in [3.63, 3.8) is 0 Å². The molecule has 0 aromatic heterocycles. The van der Waals surface area contributed by atoms with Gasteiger partial charge < -0.3 is 14.7 Å². The van der Waals surface area contributed by atoms with Crippen LogP contribution in [0.1, 0.15) is 18.9 Å². The SMILES string of the molecule is CCOC(=O)CCN(CCO)C(=O)/C=C/c1ccc(Cl)cc1Cl. The van der Waals surface area contributed by atoms with Crippen LogP contribution >= 0.6 is 23.2 Å². The summed E-state index contributed by atoms with van der Waals surface area (Å²) in [6.45, 7) is 2.13. The summed E-state index contributed by atoms with van der Waals surface area (Å²) in [5, 5.41) is 9.99. The van der Waals surface area contributed by atoms with Crippen molar-refractivity contribution in [2.75, 3.05) is 26.3 Å². The molecule has 0 unspecified atom stereocenters. The molecule has 0 aliphatic rings. The molecule has 0 radical (unpaired) electrons. The molecule has 0 saturated carbocycles. The standard InChI is InChI=1S/C16H19Cl2NO4/c1-2-23-16(22)7-8-19(9-10-20)15(21)6-4-12-3-5-13(17)11-14(12)18/h3-6,11,20H,2,7-10H2,1H3/b6-4+. The third-order valence-electron chi connectivity index (χ3n) is 2.94. The van der Waals surface area contributed by atoms with E-state index in [-0.39, 0.29) is 38.0 Å².